The van der Waals surface area contributed by atoms with E-state index in [0.29, 0.717) is 18.2 Å². The van der Waals surface area contributed by atoms with Gasteiger partial charge in [0.25, 0.3) is 0 Å². The second kappa shape index (κ2) is 4.96. The molecule has 1 aromatic rings. The maximum absolute atomic E-state index is 11.0. The lowest BCUT2D eigenvalue weighted by Gasteiger charge is -2.66. The van der Waals surface area contributed by atoms with Crippen LogP contribution < -0.4 is 4.90 Å². The van der Waals surface area contributed by atoms with Gasteiger partial charge in [0.15, 0.2) is 0 Å². The molecule has 2 bridgehead atoms. The number of anilines is 1. The van der Waals surface area contributed by atoms with Gasteiger partial charge in [-0.2, -0.15) is 0 Å². The van der Waals surface area contributed by atoms with Gasteiger partial charge in [-0.3, -0.25) is 0 Å². The predicted octanol–water partition coefficient (Wildman–Crippen LogP) is 2.42. The highest BCUT2D eigenvalue weighted by Crippen LogP contribution is 2.52. The fourth-order valence-corrected chi connectivity index (χ4v) is 3.57. The highest BCUT2D eigenvalue weighted by molar-refractivity contribution is 6.29. The molecule has 8 heteroatoms. The molecule has 3 fully saturated rings. The first kappa shape index (κ1) is 15.3. The number of aromatic nitrogens is 2. The molecule has 0 aromatic carbocycles. The van der Waals surface area contributed by atoms with Crippen LogP contribution in [-0.2, 0) is 4.84 Å². The summed E-state index contributed by atoms with van der Waals surface area (Å²) >= 11 is 5.78. The van der Waals surface area contributed by atoms with Gasteiger partial charge in [0.2, 0.25) is 0 Å². The maximum atomic E-state index is 11.0. The van der Waals surface area contributed by atoms with Crippen LogP contribution in [0.3, 0.4) is 0 Å². The number of piperidine rings is 1. The molecule has 7 nitrogen and oxygen atoms in total. The quantitative estimate of drug-likeness (QED) is 0.894. The summed E-state index contributed by atoms with van der Waals surface area (Å²) in [5.41, 5.74) is -0.507. The number of halogens is 1. The molecule has 4 rings (SSSR count). The molecular formula is C14H19ClN4O3. The molecule has 0 aliphatic carbocycles. The minimum atomic E-state index is -1.27. The van der Waals surface area contributed by atoms with E-state index in [0.717, 1.165) is 12.2 Å². The third-order valence-corrected chi connectivity index (χ3v) is 4.91. The van der Waals surface area contributed by atoms with Crippen molar-refractivity contribution in [1.82, 2.24) is 15.0 Å². The Bertz CT molecular complexity index is 589. The number of hydrogen-bond donors (Lipinski definition) is 1. The lowest BCUT2D eigenvalue weighted by atomic mass is 9.61. The Labute approximate surface area is 133 Å². The number of rotatable bonds is 2. The molecule has 1 aromatic heterocycles. The van der Waals surface area contributed by atoms with E-state index in [-0.39, 0.29) is 17.0 Å². The third kappa shape index (κ3) is 2.28. The molecular weight excluding hydrogens is 308 g/mol. The van der Waals surface area contributed by atoms with Gasteiger partial charge < -0.3 is 14.8 Å². The minimum Gasteiger partial charge on any atom is -0.448 e. The summed E-state index contributed by atoms with van der Waals surface area (Å²) in [4.78, 5) is 26.5. The molecule has 0 radical (unpaired) electrons. The van der Waals surface area contributed by atoms with Crippen LogP contribution in [0.4, 0.5) is 10.6 Å². The van der Waals surface area contributed by atoms with Crippen LogP contribution >= 0.6 is 11.6 Å². The first-order valence-electron chi connectivity index (χ1n) is 7.16. The molecule has 2 unspecified atom stereocenters. The van der Waals surface area contributed by atoms with Crippen molar-refractivity contribution in [3.63, 3.8) is 0 Å². The van der Waals surface area contributed by atoms with Crippen LogP contribution in [0, 0.1) is 5.41 Å². The molecule has 0 saturated carbocycles. The van der Waals surface area contributed by atoms with E-state index < -0.39 is 6.16 Å². The van der Waals surface area contributed by atoms with Crippen LogP contribution in [0.25, 0.3) is 0 Å². The standard InChI is InChI=1S/C14H19ClN4O3/c1-13(2,3)14-4-9(19(14)22-12(20)21)7-18(8-14)11-6-16-10(15)5-17-11/h5-6,9H,4,7-8H2,1-3H3,(H,20,21). The Kier molecular flexibility index (Phi) is 3.45. The van der Waals surface area contributed by atoms with E-state index in [2.05, 4.69) is 35.6 Å². The third-order valence-electron chi connectivity index (χ3n) is 4.71. The predicted molar refractivity (Wildman–Crippen MR) is 80.8 cm³/mol. The van der Waals surface area contributed by atoms with E-state index in [4.69, 9.17) is 21.5 Å². The monoisotopic (exact) mass is 326 g/mol. The summed E-state index contributed by atoms with van der Waals surface area (Å²) in [5.74, 6) is 0.748. The van der Waals surface area contributed by atoms with Crippen molar-refractivity contribution in [3.8, 4) is 0 Å². The fraction of sp³-hybridized carbons (Fsp3) is 0.643. The van der Waals surface area contributed by atoms with Gasteiger partial charge >= 0.3 is 6.16 Å². The van der Waals surface area contributed by atoms with Crippen molar-refractivity contribution in [3.05, 3.63) is 17.5 Å². The van der Waals surface area contributed by atoms with Crippen LogP contribution in [0.15, 0.2) is 12.4 Å². The molecule has 3 aliphatic rings. The van der Waals surface area contributed by atoms with Gasteiger partial charge in [-0.1, -0.05) is 32.4 Å². The Morgan fingerprint density at radius 2 is 2.18 bits per heavy atom. The zero-order chi connectivity index (χ0) is 16.1. The molecule has 2 atom stereocenters. The molecule has 3 aliphatic heterocycles. The molecule has 0 spiro atoms. The van der Waals surface area contributed by atoms with Gasteiger partial charge in [-0.05, 0) is 11.8 Å². The van der Waals surface area contributed by atoms with Gasteiger partial charge in [0.1, 0.15) is 11.0 Å². The van der Waals surface area contributed by atoms with Crippen molar-refractivity contribution in [1.29, 1.82) is 0 Å². The molecule has 1 N–H and O–H groups in total. The van der Waals surface area contributed by atoms with Gasteiger partial charge in [-0.25, -0.2) is 14.8 Å². The average molecular weight is 327 g/mol. The van der Waals surface area contributed by atoms with E-state index in [9.17, 15) is 4.79 Å². The maximum Gasteiger partial charge on any atom is 0.525 e. The summed E-state index contributed by atoms with van der Waals surface area (Å²) in [6.45, 7) is 7.58. The Morgan fingerprint density at radius 1 is 1.45 bits per heavy atom. The smallest absolute Gasteiger partial charge is 0.448 e. The Morgan fingerprint density at radius 3 is 2.73 bits per heavy atom. The minimum absolute atomic E-state index is 0.0292. The molecule has 22 heavy (non-hydrogen) atoms. The van der Waals surface area contributed by atoms with Gasteiger partial charge in [0, 0.05) is 13.1 Å². The van der Waals surface area contributed by atoms with Crippen molar-refractivity contribution >= 4 is 23.6 Å². The number of carbonyl (C=O) groups is 1. The number of fused-ring (bicyclic) bond motifs is 2. The first-order valence-corrected chi connectivity index (χ1v) is 7.53. The zero-order valence-corrected chi connectivity index (χ0v) is 13.5. The lowest BCUT2D eigenvalue weighted by molar-refractivity contribution is -0.312. The summed E-state index contributed by atoms with van der Waals surface area (Å²) in [5, 5.41) is 11.0. The van der Waals surface area contributed by atoms with Crippen molar-refractivity contribution in [2.75, 3.05) is 18.0 Å². The topological polar surface area (TPSA) is 78.8 Å². The number of hydrogen-bond acceptors (Lipinski definition) is 6. The van der Waals surface area contributed by atoms with Gasteiger partial charge in [0.05, 0.1) is 24.0 Å². The van der Waals surface area contributed by atoms with Crippen LogP contribution in [0.5, 0.6) is 0 Å². The Hall–Kier alpha value is -1.60. The summed E-state index contributed by atoms with van der Waals surface area (Å²) in [6, 6.07) is 0.0292. The second-order valence-electron chi connectivity index (χ2n) is 6.90. The normalized spacial score (nSPS) is 28.2. The van der Waals surface area contributed by atoms with Crippen LogP contribution in [0.1, 0.15) is 27.2 Å². The van der Waals surface area contributed by atoms with Crippen LogP contribution in [0.2, 0.25) is 5.15 Å². The van der Waals surface area contributed by atoms with Crippen molar-refractivity contribution < 1.29 is 14.7 Å². The molecule has 3 saturated heterocycles. The van der Waals surface area contributed by atoms with Crippen LogP contribution in [-0.4, -0.2) is 51.0 Å². The number of nitrogens with zero attached hydrogens (tertiary/aromatic N) is 4. The highest BCUT2D eigenvalue weighted by Gasteiger charge is 2.64. The average Bonchev–Trinajstić information content (AvgIpc) is 2.44. The summed E-state index contributed by atoms with van der Waals surface area (Å²) in [6.07, 6.45) is 2.80. The van der Waals surface area contributed by atoms with E-state index in [1.54, 1.807) is 11.3 Å². The number of hydroxylamine groups is 2. The zero-order valence-electron chi connectivity index (χ0n) is 12.8. The molecule has 0 amide bonds. The van der Waals surface area contributed by atoms with Crippen molar-refractivity contribution in [2.45, 2.75) is 38.8 Å². The Balaban J connectivity index is 1.87. The fourth-order valence-electron chi connectivity index (χ4n) is 3.47. The second-order valence-corrected chi connectivity index (χ2v) is 7.29. The largest absolute Gasteiger partial charge is 0.525 e. The SMILES string of the molecule is CC(C)(C)C12CC(CN(c3cnc(Cl)cn3)C1)N2OC(=O)O. The highest BCUT2D eigenvalue weighted by atomic mass is 35.5. The van der Waals surface area contributed by atoms with E-state index in [1.165, 1.54) is 6.20 Å². The molecule has 4 heterocycles. The lowest BCUT2D eigenvalue weighted by Crippen LogP contribution is -2.81. The van der Waals surface area contributed by atoms with Gasteiger partial charge in [-0.15, -0.1) is 5.06 Å². The van der Waals surface area contributed by atoms with E-state index in [1.807, 2.05) is 0 Å². The number of carboxylic acid groups (broad SMARTS) is 1. The first-order chi connectivity index (χ1) is 10.2. The van der Waals surface area contributed by atoms with Crippen molar-refractivity contribution in [2.24, 2.45) is 5.41 Å². The molecule has 120 valence electrons. The summed E-state index contributed by atoms with van der Waals surface area (Å²) in [7, 11) is 0. The van der Waals surface area contributed by atoms with E-state index >= 15 is 0 Å². The summed E-state index contributed by atoms with van der Waals surface area (Å²) < 4.78 is 0. The number of piperazine rings is 1.